The van der Waals surface area contributed by atoms with Crippen LogP contribution in [0.3, 0.4) is 0 Å². The molecule has 0 unspecified atom stereocenters. The minimum Gasteiger partial charge on any atom is -0.229 e. The Morgan fingerprint density at radius 3 is 3.04 bits per heavy atom. The number of thiophene rings is 1. The third kappa shape index (κ3) is 3.00. The number of halogens is 1. The maximum Gasteiger partial charge on any atom is 0.128 e. The summed E-state index contributed by atoms with van der Waals surface area (Å²) in [6.45, 7) is 2.34. The molecule has 0 radical (unpaired) electrons. The number of benzene rings is 1. The fraction of sp³-hybridized carbons (Fsp3) is 0.333. The molecule has 1 aliphatic carbocycles. The highest BCUT2D eigenvalue weighted by Crippen LogP contribution is 2.41. The van der Waals surface area contributed by atoms with Crippen molar-refractivity contribution >= 4 is 44.9 Å². The molecule has 3 aromatic rings. The molecule has 0 saturated carbocycles. The maximum absolute atomic E-state index is 6.27. The molecule has 0 spiro atoms. The molecule has 2 heterocycles. The van der Waals surface area contributed by atoms with E-state index in [0.29, 0.717) is 0 Å². The van der Waals surface area contributed by atoms with Gasteiger partial charge in [-0.15, -0.1) is 23.1 Å². The maximum atomic E-state index is 6.27. The zero-order chi connectivity index (χ0) is 15.8. The highest BCUT2D eigenvalue weighted by Gasteiger charge is 2.23. The SMILES string of the molecule is C[C@@H]1CCc2c(sc3ncnc(SCc4ccccc4Cl)c23)C1. The Morgan fingerprint density at radius 2 is 2.17 bits per heavy atom. The molecule has 0 aliphatic heterocycles. The molecule has 0 fully saturated rings. The van der Waals surface area contributed by atoms with Crippen molar-refractivity contribution in [2.24, 2.45) is 5.92 Å². The normalized spacial score (nSPS) is 17.4. The highest BCUT2D eigenvalue weighted by atomic mass is 35.5. The van der Waals surface area contributed by atoms with Gasteiger partial charge in [-0.2, -0.15) is 0 Å². The molecule has 1 atom stereocenters. The van der Waals surface area contributed by atoms with Gasteiger partial charge < -0.3 is 0 Å². The van der Waals surface area contributed by atoms with Crippen molar-refractivity contribution in [1.29, 1.82) is 0 Å². The number of fused-ring (bicyclic) bond motifs is 3. The molecule has 0 saturated heterocycles. The van der Waals surface area contributed by atoms with E-state index in [-0.39, 0.29) is 0 Å². The number of aromatic nitrogens is 2. The summed E-state index contributed by atoms with van der Waals surface area (Å²) >= 11 is 9.89. The number of thioether (sulfide) groups is 1. The van der Waals surface area contributed by atoms with E-state index in [0.717, 1.165) is 38.5 Å². The fourth-order valence-corrected chi connectivity index (χ4v) is 5.84. The first-order valence-corrected chi connectivity index (χ1v) is 10.0. The average Bonchev–Trinajstić information content (AvgIpc) is 2.92. The van der Waals surface area contributed by atoms with Gasteiger partial charge in [0.15, 0.2) is 0 Å². The molecule has 0 bridgehead atoms. The molecule has 2 aromatic heterocycles. The van der Waals surface area contributed by atoms with Crippen LogP contribution >= 0.6 is 34.7 Å². The van der Waals surface area contributed by atoms with Gasteiger partial charge in [0.05, 0.1) is 0 Å². The minimum absolute atomic E-state index is 0.780. The minimum atomic E-state index is 0.780. The van der Waals surface area contributed by atoms with Gasteiger partial charge in [0, 0.05) is 21.0 Å². The van der Waals surface area contributed by atoms with E-state index in [1.54, 1.807) is 18.1 Å². The zero-order valence-corrected chi connectivity index (χ0v) is 15.3. The summed E-state index contributed by atoms with van der Waals surface area (Å²) in [6.07, 6.45) is 5.31. The van der Waals surface area contributed by atoms with Crippen LogP contribution in [-0.2, 0) is 18.6 Å². The van der Waals surface area contributed by atoms with Crippen molar-refractivity contribution in [3.8, 4) is 0 Å². The Morgan fingerprint density at radius 1 is 1.30 bits per heavy atom. The van der Waals surface area contributed by atoms with Gasteiger partial charge in [-0.3, -0.25) is 0 Å². The smallest absolute Gasteiger partial charge is 0.128 e. The monoisotopic (exact) mass is 360 g/mol. The summed E-state index contributed by atoms with van der Waals surface area (Å²) in [5, 5.41) is 3.21. The first kappa shape index (κ1) is 15.4. The fourth-order valence-electron chi connectivity index (χ4n) is 3.12. The van der Waals surface area contributed by atoms with E-state index in [2.05, 4.69) is 23.0 Å². The van der Waals surface area contributed by atoms with E-state index >= 15 is 0 Å². The standard InChI is InChI=1S/C18H17ClN2S2/c1-11-6-7-13-15(8-11)23-18-16(13)17(20-10-21-18)22-9-12-4-2-3-5-14(12)19/h2-5,10-11H,6-9H2,1H3/t11-/m1/s1. The summed E-state index contributed by atoms with van der Waals surface area (Å²) in [5.41, 5.74) is 2.65. The van der Waals surface area contributed by atoms with Gasteiger partial charge in [-0.05, 0) is 42.4 Å². The lowest BCUT2D eigenvalue weighted by Crippen LogP contribution is -2.08. The van der Waals surface area contributed by atoms with E-state index in [9.17, 15) is 0 Å². The number of nitrogens with zero attached hydrogens (tertiary/aromatic N) is 2. The molecular weight excluding hydrogens is 344 g/mol. The van der Waals surface area contributed by atoms with Crippen molar-refractivity contribution in [3.63, 3.8) is 0 Å². The lowest BCUT2D eigenvalue weighted by molar-refractivity contribution is 0.509. The lowest BCUT2D eigenvalue weighted by atomic mass is 9.89. The van der Waals surface area contributed by atoms with E-state index < -0.39 is 0 Å². The molecule has 2 nitrogen and oxygen atoms in total. The molecule has 1 aliphatic rings. The summed E-state index contributed by atoms with van der Waals surface area (Å²) in [4.78, 5) is 11.7. The molecule has 0 amide bonds. The van der Waals surface area contributed by atoms with E-state index in [1.807, 2.05) is 29.5 Å². The molecule has 1 aromatic carbocycles. The Bertz CT molecular complexity index is 859. The second-order valence-electron chi connectivity index (χ2n) is 6.09. The van der Waals surface area contributed by atoms with Crippen molar-refractivity contribution in [3.05, 3.63) is 51.6 Å². The summed E-state index contributed by atoms with van der Waals surface area (Å²) < 4.78 is 0. The number of aryl methyl sites for hydroxylation is 1. The molecule has 4 rings (SSSR count). The van der Waals surface area contributed by atoms with Crippen molar-refractivity contribution in [2.45, 2.75) is 37.0 Å². The quantitative estimate of drug-likeness (QED) is 0.438. The third-order valence-electron chi connectivity index (χ3n) is 4.38. The van der Waals surface area contributed by atoms with Gasteiger partial charge in [0.2, 0.25) is 0 Å². The van der Waals surface area contributed by atoms with Crippen LogP contribution < -0.4 is 0 Å². The Labute approximate surface area is 149 Å². The molecule has 23 heavy (non-hydrogen) atoms. The summed E-state index contributed by atoms with van der Waals surface area (Å²) in [6, 6.07) is 8.03. The van der Waals surface area contributed by atoms with Crippen LogP contribution in [0.5, 0.6) is 0 Å². The largest absolute Gasteiger partial charge is 0.229 e. The predicted octanol–water partition coefficient (Wildman–Crippen LogP) is 5.76. The van der Waals surface area contributed by atoms with Crippen LogP contribution in [0, 0.1) is 5.92 Å². The molecular formula is C18H17ClN2S2. The third-order valence-corrected chi connectivity index (χ3v) is 6.95. The van der Waals surface area contributed by atoms with Gasteiger partial charge in [-0.1, -0.05) is 36.7 Å². The van der Waals surface area contributed by atoms with Crippen LogP contribution in [0.25, 0.3) is 10.2 Å². The van der Waals surface area contributed by atoms with Crippen LogP contribution in [0.1, 0.15) is 29.3 Å². The topological polar surface area (TPSA) is 25.8 Å². The number of hydrogen-bond acceptors (Lipinski definition) is 4. The van der Waals surface area contributed by atoms with Crippen molar-refractivity contribution in [2.75, 3.05) is 0 Å². The van der Waals surface area contributed by atoms with Crippen LogP contribution in [0.15, 0.2) is 35.6 Å². The van der Waals surface area contributed by atoms with E-state index in [4.69, 9.17) is 11.6 Å². The summed E-state index contributed by atoms with van der Waals surface area (Å²) in [7, 11) is 0. The highest BCUT2D eigenvalue weighted by molar-refractivity contribution is 7.98. The van der Waals surface area contributed by atoms with Crippen molar-refractivity contribution in [1.82, 2.24) is 9.97 Å². The second-order valence-corrected chi connectivity index (χ2v) is 8.55. The van der Waals surface area contributed by atoms with Crippen molar-refractivity contribution < 1.29 is 0 Å². The van der Waals surface area contributed by atoms with Crippen LogP contribution in [0.4, 0.5) is 0 Å². The number of hydrogen-bond donors (Lipinski definition) is 0. The first-order chi connectivity index (χ1) is 11.2. The lowest BCUT2D eigenvalue weighted by Gasteiger charge is -2.18. The van der Waals surface area contributed by atoms with Crippen LogP contribution in [-0.4, -0.2) is 9.97 Å². The van der Waals surface area contributed by atoms with E-state index in [1.165, 1.54) is 28.7 Å². The van der Waals surface area contributed by atoms with Gasteiger partial charge in [-0.25, -0.2) is 9.97 Å². The van der Waals surface area contributed by atoms with Gasteiger partial charge in [0.25, 0.3) is 0 Å². The molecule has 0 N–H and O–H groups in total. The zero-order valence-electron chi connectivity index (χ0n) is 12.9. The second kappa shape index (κ2) is 6.42. The average molecular weight is 361 g/mol. The first-order valence-electron chi connectivity index (χ1n) is 7.84. The Hall–Kier alpha value is -1.10. The van der Waals surface area contributed by atoms with Gasteiger partial charge >= 0.3 is 0 Å². The Balaban J connectivity index is 1.69. The predicted molar refractivity (Wildman–Crippen MR) is 99.6 cm³/mol. The summed E-state index contributed by atoms with van der Waals surface area (Å²) in [5.74, 6) is 1.62. The number of rotatable bonds is 3. The van der Waals surface area contributed by atoms with Gasteiger partial charge in [0.1, 0.15) is 16.2 Å². The Kier molecular flexibility index (Phi) is 4.31. The molecule has 5 heteroatoms. The molecule has 118 valence electrons. The van der Waals surface area contributed by atoms with Crippen LogP contribution in [0.2, 0.25) is 5.02 Å².